The summed E-state index contributed by atoms with van der Waals surface area (Å²) in [6.07, 6.45) is 10.2. The van der Waals surface area contributed by atoms with Crippen molar-refractivity contribution in [3.05, 3.63) is 58.9 Å². The highest BCUT2D eigenvalue weighted by molar-refractivity contribution is 5.34. The molecule has 0 saturated heterocycles. The molecule has 2 aliphatic rings. The summed E-state index contributed by atoms with van der Waals surface area (Å²) in [4.78, 5) is 0. The van der Waals surface area contributed by atoms with Gasteiger partial charge in [-0.15, -0.1) is 0 Å². The average molecular weight is 533 g/mol. The van der Waals surface area contributed by atoms with Crippen LogP contribution in [0, 0.1) is 23.4 Å². The Morgan fingerprint density at radius 3 is 2.11 bits per heavy atom. The van der Waals surface area contributed by atoms with Crippen LogP contribution >= 0.6 is 0 Å². The number of unbranched alkanes of at least 4 members (excludes halogenated alkanes) is 1. The Hall–Kier alpha value is -2.21. The van der Waals surface area contributed by atoms with E-state index in [1.165, 1.54) is 0 Å². The molecule has 2 saturated carbocycles. The second-order valence-corrected chi connectivity index (χ2v) is 11.0. The second kappa shape index (κ2) is 14.3. The first-order valence-electron chi connectivity index (χ1n) is 14.6. The van der Waals surface area contributed by atoms with E-state index in [1.807, 2.05) is 6.07 Å². The molecule has 210 valence electrons. The number of rotatable bonds is 12. The van der Waals surface area contributed by atoms with Crippen LogP contribution in [0.1, 0.15) is 107 Å². The van der Waals surface area contributed by atoms with Gasteiger partial charge in [0.25, 0.3) is 0 Å². The van der Waals surface area contributed by atoms with E-state index < -0.39 is 11.6 Å². The Morgan fingerprint density at radius 2 is 1.42 bits per heavy atom. The van der Waals surface area contributed by atoms with Crippen LogP contribution in [0.2, 0.25) is 0 Å². The van der Waals surface area contributed by atoms with Crippen molar-refractivity contribution in [1.82, 2.24) is 0 Å². The van der Waals surface area contributed by atoms with Gasteiger partial charge in [0, 0.05) is 6.61 Å². The van der Waals surface area contributed by atoms with E-state index in [-0.39, 0.29) is 29.5 Å². The van der Waals surface area contributed by atoms with Crippen LogP contribution in [0.25, 0.3) is 0 Å². The van der Waals surface area contributed by atoms with E-state index in [0.717, 1.165) is 82.8 Å². The second-order valence-electron chi connectivity index (χ2n) is 11.0. The molecule has 0 heterocycles. The van der Waals surface area contributed by atoms with Crippen molar-refractivity contribution < 1.29 is 27.4 Å². The largest absolute Gasteiger partial charge is 0.491 e. The maximum absolute atomic E-state index is 15.0. The Kier molecular flexibility index (Phi) is 10.8. The molecular formula is C32H43F3O3. The van der Waals surface area contributed by atoms with Crippen LogP contribution in [0.15, 0.2) is 30.3 Å². The first-order chi connectivity index (χ1) is 18.5. The molecule has 4 rings (SSSR count). The van der Waals surface area contributed by atoms with Crippen LogP contribution < -0.4 is 9.47 Å². The van der Waals surface area contributed by atoms with E-state index in [0.29, 0.717) is 30.4 Å². The monoisotopic (exact) mass is 532 g/mol. The minimum Gasteiger partial charge on any atom is -0.491 e. The van der Waals surface area contributed by atoms with Gasteiger partial charge in [-0.3, -0.25) is 0 Å². The molecule has 0 aromatic heterocycles. The summed E-state index contributed by atoms with van der Waals surface area (Å²) < 4.78 is 61.5. The van der Waals surface area contributed by atoms with Crippen LogP contribution in [0.4, 0.5) is 13.2 Å². The lowest BCUT2D eigenvalue weighted by Crippen LogP contribution is -2.22. The molecule has 2 fully saturated rings. The lowest BCUT2D eigenvalue weighted by atomic mass is 9.79. The Labute approximate surface area is 226 Å². The van der Waals surface area contributed by atoms with Crippen molar-refractivity contribution in [2.45, 2.75) is 102 Å². The predicted octanol–water partition coefficient (Wildman–Crippen LogP) is 9.09. The summed E-state index contributed by atoms with van der Waals surface area (Å²) in [6, 6.07) is 8.60. The zero-order valence-corrected chi connectivity index (χ0v) is 23.0. The number of hydrogen-bond acceptors (Lipinski definition) is 3. The SMILES string of the molecule is CCCCOc1ccc(C2CCC(COc3ccc(C4CCC(OCCC)CC4)c(F)c3F)CC2)cc1F. The van der Waals surface area contributed by atoms with Crippen molar-refractivity contribution in [3.63, 3.8) is 0 Å². The molecule has 0 radical (unpaired) electrons. The number of ether oxygens (including phenoxy) is 3. The normalized spacial score (nSPS) is 23.8. The Balaban J connectivity index is 1.25. The van der Waals surface area contributed by atoms with Gasteiger partial charge in [0.2, 0.25) is 5.82 Å². The smallest absolute Gasteiger partial charge is 0.200 e. The third kappa shape index (κ3) is 7.46. The summed E-state index contributed by atoms with van der Waals surface area (Å²) in [7, 11) is 0. The molecule has 6 heteroatoms. The molecule has 0 atom stereocenters. The topological polar surface area (TPSA) is 27.7 Å². The summed E-state index contributed by atoms with van der Waals surface area (Å²) in [5.74, 6) is -1.05. The minimum atomic E-state index is -0.878. The first kappa shape index (κ1) is 28.8. The predicted molar refractivity (Wildman–Crippen MR) is 145 cm³/mol. The molecule has 0 aliphatic heterocycles. The van der Waals surface area contributed by atoms with Gasteiger partial charge in [-0.25, -0.2) is 8.78 Å². The summed E-state index contributed by atoms with van der Waals surface area (Å²) >= 11 is 0. The van der Waals surface area contributed by atoms with E-state index in [4.69, 9.17) is 14.2 Å². The number of benzene rings is 2. The minimum absolute atomic E-state index is 0.00549. The molecule has 0 N–H and O–H groups in total. The first-order valence-corrected chi connectivity index (χ1v) is 14.6. The summed E-state index contributed by atoms with van der Waals surface area (Å²) in [5.41, 5.74) is 1.46. The quantitative estimate of drug-likeness (QED) is 0.255. The zero-order valence-electron chi connectivity index (χ0n) is 23.0. The molecule has 0 spiro atoms. The van der Waals surface area contributed by atoms with Crippen LogP contribution in [0.5, 0.6) is 11.5 Å². The molecule has 2 aromatic rings. The highest BCUT2D eigenvalue weighted by Crippen LogP contribution is 2.39. The summed E-state index contributed by atoms with van der Waals surface area (Å²) in [5, 5.41) is 0. The van der Waals surface area contributed by atoms with E-state index in [2.05, 4.69) is 13.8 Å². The fourth-order valence-corrected chi connectivity index (χ4v) is 5.88. The maximum atomic E-state index is 15.0. The lowest BCUT2D eigenvalue weighted by Gasteiger charge is -2.30. The van der Waals surface area contributed by atoms with Crippen LogP contribution in [-0.4, -0.2) is 25.9 Å². The van der Waals surface area contributed by atoms with Crippen molar-refractivity contribution >= 4 is 0 Å². The fraction of sp³-hybridized carbons (Fsp3) is 0.625. The van der Waals surface area contributed by atoms with Crippen LogP contribution in [0.3, 0.4) is 0 Å². The van der Waals surface area contributed by atoms with Gasteiger partial charge >= 0.3 is 0 Å². The highest BCUT2D eigenvalue weighted by Gasteiger charge is 2.28. The average Bonchev–Trinajstić information content (AvgIpc) is 2.94. The third-order valence-corrected chi connectivity index (χ3v) is 8.25. The Bertz CT molecular complexity index is 1010. The molecule has 0 unspecified atom stereocenters. The standard InChI is InChI=1S/C32H43F3O3/c1-3-5-19-37-29-16-12-25(20-28(29)33)23-8-6-22(7-9-23)21-38-30-17-15-27(31(34)32(30)35)24-10-13-26(14-11-24)36-18-4-2/h12,15-17,20,22-24,26H,3-11,13-14,18-19,21H2,1-2H3. The molecular weight excluding hydrogens is 489 g/mol. The van der Waals surface area contributed by atoms with Gasteiger partial charge in [-0.05, 0) is 111 Å². The lowest BCUT2D eigenvalue weighted by molar-refractivity contribution is 0.0248. The molecule has 0 amide bonds. The zero-order chi connectivity index (χ0) is 26.9. The molecule has 2 aromatic carbocycles. The van der Waals surface area contributed by atoms with Gasteiger partial charge in [0.1, 0.15) is 0 Å². The number of halogens is 3. The fourth-order valence-electron chi connectivity index (χ4n) is 5.88. The maximum Gasteiger partial charge on any atom is 0.200 e. The van der Waals surface area contributed by atoms with Crippen LogP contribution in [-0.2, 0) is 4.74 Å². The van der Waals surface area contributed by atoms with Crippen molar-refractivity contribution in [1.29, 1.82) is 0 Å². The summed E-state index contributed by atoms with van der Waals surface area (Å²) in [6.45, 7) is 5.81. The van der Waals surface area contributed by atoms with Crippen molar-refractivity contribution in [2.24, 2.45) is 5.92 Å². The van der Waals surface area contributed by atoms with Gasteiger partial charge in [0.05, 0.1) is 19.3 Å². The highest BCUT2D eigenvalue weighted by atomic mass is 19.2. The van der Waals surface area contributed by atoms with Gasteiger partial charge in [0.15, 0.2) is 23.1 Å². The van der Waals surface area contributed by atoms with E-state index in [1.54, 1.807) is 24.3 Å². The number of hydrogen-bond donors (Lipinski definition) is 0. The van der Waals surface area contributed by atoms with Crippen molar-refractivity contribution in [2.75, 3.05) is 19.8 Å². The molecule has 3 nitrogen and oxygen atoms in total. The van der Waals surface area contributed by atoms with E-state index in [9.17, 15) is 13.2 Å². The van der Waals surface area contributed by atoms with E-state index >= 15 is 0 Å². The molecule has 0 bridgehead atoms. The molecule has 38 heavy (non-hydrogen) atoms. The third-order valence-electron chi connectivity index (χ3n) is 8.25. The molecule has 2 aliphatic carbocycles. The van der Waals surface area contributed by atoms with Crippen molar-refractivity contribution in [3.8, 4) is 11.5 Å². The Morgan fingerprint density at radius 1 is 0.711 bits per heavy atom. The van der Waals surface area contributed by atoms with Gasteiger partial charge < -0.3 is 14.2 Å². The van der Waals surface area contributed by atoms with Gasteiger partial charge in [-0.1, -0.05) is 32.4 Å². The van der Waals surface area contributed by atoms with Gasteiger partial charge in [-0.2, -0.15) is 4.39 Å².